The number of nitrogens with zero attached hydrogens (tertiary/aromatic N) is 1. The van der Waals surface area contributed by atoms with Gasteiger partial charge in [0, 0.05) is 24.7 Å². The van der Waals surface area contributed by atoms with Gasteiger partial charge in [-0.2, -0.15) is 0 Å². The van der Waals surface area contributed by atoms with Gasteiger partial charge in [-0.15, -0.1) is 0 Å². The van der Waals surface area contributed by atoms with E-state index in [4.69, 9.17) is 11.6 Å². The van der Waals surface area contributed by atoms with E-state index in [-0.39, 0.29) is 11.9 Å². The number of urea groups is 1. The van der Waals surface area contributed by atoms with Crippen molar-refractivity contribution in [3.05, 3.63) is 34.9 Å². The molecule has 2 saturated heterocycles. The van der Waals surface area contributed by atoms with Gasteiger partial charge in [0.25, 0.3) is 5.91 Å². The van der Waals surface area contributed by atoms with E-state index in [9.17, 15) is 9.59 Å². The van der Waals surface area contributed by atoms with Gasteiger partial charge < -0.3 is 5.32 Å². The number of nitrogens with one attached hydrogen (secondary N) is 2. The smallest absolute Gasteiger partial charge is 0.322 e. The Labute approximate surface area is 122 Å². The first-order chi connectivity index (χ1) is 9.57. The molecule has 0 aliphatic carbocycles. The van der Waals surface area contributed by atoms with Crippen molar-refractivity contribution in [2.75, 3.05) is 13.1 Å². The van der Waals surface area contributed by atoms with Gasteiger partial charge in [-0.05, 0) is 30.5 Å². The van der Waals surface area contributed by atoms with E-state index in [1.807, 2.05) is 24.3 Å². The van der Waals surface area contributed by atoms with Crippen molar-refractivity contribution in [1.82, 2.24) is 15.5 Å². The maximum Gasteiger partial charge on any atom is 0.322 e. The summed E-state index contributed by atoms with van der Waals surface area (Å²) in [4.78, 5) is 25.4. The molecule has 0 radical (unpaired) electrons. The molecule has 5 nitrogen and oxygen atoms in total. The van der Waals surface area contributed by atoms with Crippen LogP contribution in [0.1, 0.15) is 18.4 Å². The molecule has 0 atom stereocenters. The molecule has 1 aromatic carbocycles. The number of carbonyl (C=O) groups excluding carboxylic acids is 2. The van der Waals surface area contributed by atoms with Crippen LogP contribution in [-0.2, 0) is 11.3 Å². The molecule has 2 aliphatic rings. The zero-order valence-corrected chi connectivity index (χ0v) is 11.7. The molecule has 2 aliphatic heterocycles. The SMILES string of the molecule is O=C1NC(=O)C2(CCN(Cc3cccc(Cl)c3)CC2)N1. The highest BCUT2D eigenvalue weighted by Gasteiger charge is 2.47. The van der Waals surface area contributed by atoms with E-state index in [0.29, 0.717) is 12.8 Å². The Bertz CT molecular complexity index is 553. The second kappa shape index (κ2) is 5.07. The molecule has 1 spiro atoms. The number of carbonyl (C=O) groups is 2. The molecule has 2 N–H and O–H groups in total. The Kier molecular flexibility index (Phi) is 3.40. The fourth-order valence-electron chi connectivity index (χ4n) is 2.87. The molecular formula is C14H16ClN3O2. The first-order valence-electron chi connectivity index (χ1n) is 6.68. The Morgan fingerprint density at radius 2 is 2.00 bits per heavy atom. The fraction of sp³-hybridized carbons (Fsp3) is 0.429. The van der Waals surface area contributed by atoms with Gasteiger partial charge in [0.1, 0.15) is 5.54 Å². The van der Waals surface area contributed by atoms with Gasteiger partial charge in [0.2, 0.25) is 0 Å². The van der Waals surface area contributed by atoms with Crippen molar-refractivity contribution in [3.63, 3.8) is 0 Å². The molecule has 1 aromatic rings. The predicted octanol–water partition coefficient (Wildman–Crippen LogP) is 1.51. The van der Waals surface area contributed by atoms with Crippen LogP contribution in [0.3, 0.4) is 0 Å². The average molecular weight is 294 g/mol. The van der Waals surface area contributed by atoms with Crippen molar-refractivity contribution in [1.29, 1.82) is 0 Å². The van der Waals surface area contributed by atoms with Crippen LogP contribution < -0.4 is 10.6 Å². The number of hydrogen-bond donors (Lipinski definition) is 2. The largest absolute Gasteiger partial charge is 0.323 e. The molecule has 3 amide bonds. The molecule has 0 bridgehead atoms. The van der Waals surface area contributed by atoms with Crippen LogP contribution in [0, 0.1) is 0 Å². The molecule has 0 unspecified atom stereocenters. The van der Waals surface area contributed by atoms with Gasteiger partial charge in [0.05, 0.1) is 0 Å². The molecule has 6 heteroatoms. The van der Waals surface area contributed by atoms with E-state index < -0.39 is 5.54 Å². The second-order valence-corrected chi connectivity index (χ2v) is 5.83. The van der Waals surface area contributed by atoms with Crippen LogP contribution in [-0.4, -0.2) is 35.5 Å². The number of hydrogen-bond acceptors (Lipinski definition) is 3. The van der Waals surface area contributed by atoms with Gasteiger partial charge >= 0.3 is 6.03 Å². The van der Waals surface area contributed by atoms with E-state index in [0.717, 1.165) is 30.2 Å². The quantitative estimate of drug-likeness (QED) is 0.813. The summed E-state index contributed by atoms with van der Waals surface area (Å²) in [6.07, 6.45) is 1.29. The maximum atomic E-state index is 11.8. The molecule has 2 fully saturated rings. The van der Waals surface area contributed by atoms with Gasteiger partial charge in [0.15, 0.2) is 0 Å². The number of imide groups is 1. The van der Waals surface area contributed by atoms with Crippen LogP contribution >= 0.6 is 11.6 Å². The van der Waals surface area contributed by atoms with Crippen molar-refractivity contribution in [2.45, 2.75) is 24.9 Å². The zero-order valence-electron chi connectivity index (χ0n) is 11.0. The number of piperidine rings is 1. The number of rotatable bonds is 2. The third-order valence-corrected chi connectivity index (χ3v) is 4.25. The van der Waals surface area contributed by atoms with Crippen LogP contribution in [0.5, 0.6) is 0 Å². The first-order valence-corrected chi connectivity index (χ1v) is 7.06. The van der Waals surface area contributed by atoms with Crippen molar-refractivity contribution >= 4 is 23.5 Å². The van der Waals surface area contributed by atoms with E-state index in [2.05, 4.69) is 15.5 Å². The van der Waals surface area contributed by atoms with Crippen LogP contribution in [0.2, 0.25) is 5.02 Å². The summed E-state index contributed by atoms with van der Waals surface area (Å²) >= 11 is 5.98. The highest BCUT2D eigenvalue weighted by molar-refractivity contribution is 6.30. The number of amides is 3. The minimum Gasteiger partial charge on any atom is -0.323 e. The molecule has 106 valence electrons. The minimum atomic E-state index is -0.693. The molecular weight excluding hydrogens is 278 g/mol. The minimum absolute atomic E-state index is 0.190. The third kappa shape index (κ3) is 2.51. The Morgan fingerprint density at radius 1 is 1.25 bits per heavy atom. The van der Waals surface area contributed by atoms with Crippen LogP contribution in [0.4, 0.5) is 4.79 Å². The number of benzene rings is 1. The summed E-state index contributed by atoms with van der Waals surface area (Å²) in [5.41, 5.74) is 0.468. The monoisotopic (exact) mass is 293 g/mol. The lowest BCUT2D eigenvalue weighted by Gasteiger charge is -2.37. The Balaban J connectivity index is 1.62. The van der Waals surface area contributed by atoms with E-state index in [1.165, 1.54) is 0 Å². The first kappa shape index (κ1) is 13.4. The Hall–Kier alpha value is -1.59. The zero-order chi connectivity index (χ0) is 14.2. The summed E-state index contributed by atoms with van der Waals surface area (Å²) in [5, 5.41) is 5.82. The van der Waals surface area contributed by atoms with Crippen molar-refractivity contribution in [3.8, 4) is 0 Å². The average Bonchev–Trinajstić information content (AvgIpc) is 2.67. The number of halogens is 1. The van der Waals surface area contributed by atoms with Gasteiger partial charge in [-0.25, -0.2) is 4.79 Å². The second-order valence-electron chi connectivity index (χ2n) is 5.40. The lowest BCUT2D eigenvalue weighted by Crippen LogP contribution is -2.54. The van der Waals surface area contributed by atoms with Crippen molar-refractivity contribution < 1.29 is 9.59 Å². The summed E-state index contributed by atoms with van der Waals surface area (Å²) in [7, 11) is 0. The van der Waals surface area contributed by atoms with Crippen LogP contribution in [0.15, 0.2) is 24.3 Å². The standard InChI is InChI=1S/C14H16ClN3O2/c15-11-3-1-2-10(8-11)9-18-6-4-14(5-7-18)12(19)16-13(20)17-14/h1-3,8H,4-7,9H2,(H2,16,17,19,20). The lowest BCUT2D eigenvalue weighted by atomic mass is 9.87. The predicted molar refractivity (Wildman–Crippen MR) is 75.4 cm³/mol. The maximum absolute atomic E-state index is 11.8. The van der Waals surface area contributed by atoms with E-state index in [1.54, 1.807) is 0 Å². The normalized spacial score (nSPS) is 21.9. The highest BCUT2D eigenvalue weighted by atomic mass is 35.5. The summed E-state index contributed by atoms with van der Waals surface area (Å²) in [6, 6.07) is 7.41. The molecule has 20 heavy (non-hydrogen) atoms. The number of likely N-dealkylation sites (tertiary alicyclic amines) is 1. The molecule has 3 rings (SSSR count). The van der Waals surface area contributed by atoms with Crippen LogP contribution in [0.25, 0.3) is 0 Å². The van der Waals surface area contributed by atoms with Gasteiger partial charge in [-0.3, -0.25) is 15.0 Å². The summed E-state index contributed by atoms with van der Waals surface area (Å²) < 4.78 is 0. The third-order valence-electron chi connectivity index (χ3n) is 4.02. The summed E-state index contributed by atoms with van der Waals surface area (Å²) in [5.74, 6) is -0.190. The Morgan fingerprint density at radius 3 is 2.60 bits per heavy atom. The summed E-state index contributed by atoms with van der Waals surface area (Å²) in [6.45, 7) is 2.37. The molecule has 2 heterocycles. The topological polar surface area (TPSA) is 61.4 Å². The van der Waals surface area contributed by atoms with E-state index >= 15 is 0 Å². The highest BCUT2D eigenvalue weighted by Crippen LogP contribution is 2.26. The lowest BCUT2D eigenvalue weighted by molar-refractivity contribution is -0.125. The fourth-order valence-corrected chi connectivity index (χ4v) is 3.08. The van der Waals surface area contributed by atoms with Crippen molar-refractivity contribution in [2.24, 2.45) is 0 Å². The molecule has 0 aromatic heterocycles. The van der Waals surface area contributed by atoms with Gasteiger partial charge in [-0.1, -0.05) is 23.7 Å². The molecule has 0 saturated carbocycles.